The maximum absolute atomic E-state index is 2.61. The molecular formula is C16H24Hf. The molecule has 0 saturated carbocycles. The summed E-state index contributed by atoms with van der Waals surface area (Å²) in [5, 5.41) is 0. The monoisotopic (exact) mass is 396 g/mol. The van der Waals surface area contributed by atoms with Crippen molar-refractivity contribution in [2.45, 2.75) is 49.9 Å². The van der Waals surface area contributed by atoms with E-state index in [0.717, 1.165) is 0 Å². The van der Waals surface area contributed by atoms with Crippen LogP contribution in [0.25, 0.3) is 0 Å². The normalized spacial score (nSPS) is 21.3. The summed E-state index contributed by atoms with van der Waals surface area (Å²) in [5.41, 5.74) is 6.27. The Bertz CT molecular complexity index is 438. The number of allylic oxidation sites excluding steroid dienone is 8. The quantitative estimate of drug-likeness (QED) is 0.544. The minimum absolute atomic E-state index is 1.24. The van der Waals surface area contributed by atoms with E-state index < -0.39 is 20.0 Å². The molecular weight excluding hydrogens is 371 g/mol. The molecule has 0 aromatic rings. The molecule has 0 nitrogen and oxygen atoms in total. The number of hydrogen-bond acceptors (Lipinski definition) is 0. The molecule has 0 aromatic carbocycles. The zero-order chi connectivity index (χ0) is 12.8. The van der Waals surface area contributed by atoms with Crippen LogP contribution in [0.4, 0.5) is 0 Å². The van der Waals surface area contributed by atoms with Crippen molar-refractivity contribution in [2.24, 2.45) is 0 Å². The van der Waals surface area contributed by atoms with Crippen LogP contribution in [-0.4, -0.2) is 0 Å². The van der Waals surface area contributed by atoms with E-state index in [0.29, 0.717) is 0 Å². The van der Waals surface area contributed by atoms with E-state index >= 15 is 0 Å². The van der Waals surface area contributed by atoms with Crippen LogP contribution in [0.1, 0.15) is 40.5 Å². The fourth-order valence-corrected chi connectivity index (χ4v) is 17.1. The van der Waals surface area contributed by atoms with Gasteiger partial charge >= 0.3 is 111 Å². The van der Waals surface area contributed by atoms with Gasteiger partial charge in [0.25, 0.3) is 0 Å². The van der Waals surface area contributed by atoms with Crippen molar-refractivity contribution in [1.82, 2.24) is 0 Å². The molecule has 2 aliphatic carbocycles. The van der Waals surface area contributed by atoms with Crippen LogP contribution >= 0.6 is 0 Å². The molecule has 0 N–H and O–H groups in total. The predicted octanol–water partition coefficient (Wildman–Crippen LogP) is 5.48. The van der Waals surface area contributed by atoms with Crippen molar-refractivity contribution >= 4 is 0 Å². The first-order valence-corrected chi connectivity index (χ1v) is 17.4. The molecule has 0 unspecified atom stereocenters. The van der Waals surface area contributed by atoms with Gasteiger partial charge in [0.2, 0.25) is 0 Å². The summed E-state index contributed by atoms with van der Waals surface area (Å²) in [6.07, 6.45) is 7.33. The van der Waals surface area contributed by atoms with Crippen molar-refractivity contribution in [3.05, 3.63) is 41.1 Å². The predicted molar refractivity (Wildman–Crippen MR) is 73.9 cm³/mol. The van der Waals surface area contributed by atoms with Gasteiger partial charge in [0.15, 0.2) is 0 Å². The van der Waals surface area contributed by atoms with Gasteiger partial charge in [-0.2, -0.15) is 0 Å². The van der Waals surface area contributed by atoms with Crippen molar-refractivity contribution in [3.63, 3.8) is 0 Å². The molecule has 0 amide bonds. The van der Waals surface area contributed by atoms with E-state index in [9.17, 15) is 0 Å². The van der Waals surface area contributed by atoms with Crippen LogP contribution in [0, 0.1) is 0 Å². The van der Waals surface area contributed by atoms with E-state index in [1.54, 1.807) is 11.1 Å². The Morgan fingerprint density at radius 1 is 0.765 bits per heavy atom. The van der Waals surface area contributed by atoms with Crippen LogP contribution in [0.2, 0.25) is 9.36 Å². The molecule has 0 aromatic heterocycles. The van der Waals surface area contributed by atoms with E-state index in [2.05, 4.69) is 49.2 Å². The Morgan fingerprint density at radius 3 is 1.35 bits per heavy atom. The first-order valence-electron chi connectivity index (χ1n) is 6.60. The fourth-order valence-electron chi connectivity index (χ4n) is 3.23. The molecule has 1 heteroatoms. The second-order valence-electron chi connectivity index (χ2n) is 6.01. The summed E-state index contributed by atoms with van der Waals surface area (Å²) in [5.74, 6) is 0. The van der Waals surface area contributed by atoms with Crippen LogP contribution in [0.15, 0.2) is 41.1 Å². The maximum atomic E-state index is 2.61. The Hall–Kier alpha value is -0.170. The van der Waals surface area contributed by atoms with Gasteiger partial charge in [0.1, 0.15) is 0 Å². The van der Waals surface area contributed by atoms with Gasteiger partial charge < -0.3 is 0 Å². The van der Waals surface area contributed by atoms with E-state index in [4.69, 9.17) is 0 Å². The zero-order valence-corrected chi connectivity index (χ0v) is 15.7. The van der Waals surface area contributed by atoms with Crippen molar-refractivity contribution in [2.75, 3.05) is 0 Å². The van der Waals surface area contributed by atoms with Gasteiger partial charge in [-0.3, -0.25) is 0 Å². The second kappa shape index (κ2) is 4.50. The van der Waals surface area contributed by atoms with Gasteiger partial charge in [-0.1, -0.05) is 0 Å². The molecule has 17 heavy (non-hydrogen) atoms. The molecule has 2 aliphatic rings. The Morgan fingerprint density at radius 2 is 1.12 bits per heavy atom. The van der Waals surface area contributed by atoms with E-state index in [1.807, 2.05) is 6.66 Å². The first kappa shape index (κ1) is 13.3. The SMILES string of the molecule is CC1=CC[C]([Hf]([CH3])([CH3])[C]2=C(C)C(C)=CC2)=C1C. The Balaban J connectivity index is 2.41. The van der Waals surface area contributed by atoms with Crippen molar-refractivity contribution in [3.8, 4) is 0 Å². The van der Waals surface area contributed by atoms with Gasteiger partial charge in [-0.25, -0.2) is 0 Å². The molecule has 0 saturated heterocycles. The molecule has 0 atom stereocenters. The zero-order valence-electron chi connectivity index (χ0n) is 12.1. The third-order valence-corrected chi connectivity index (χ3v) is 19.8. The standard InChI is InChI=1S/2C7H9.2CH3.Hf/c2*1-6-4-3-5-7(6)2;;;/h2*4H,3H2,1-2H3;2*1H3;. The van der Waals surface area contributed by atoms with Gasteiger partial charge in [0.05, 0.1) is 0 Å². The summed E-state index contributed by atoms with van der Waals surface area (Å²) in [4.78, 5) is 0. The van der Waals surface area contributed by atoms with Gasteiger partial charge in [-0.15, -0.1) is 0 Å². The molecule has 2 rings (SSSR count). The van der Waals surface area contributed by atoms with E-state index in [-0.39, 0.29) is 0 Å². The summed E-state index contributed by atoms with van der Waals surface area (Å²) >= 11 is -2.36. The second-order valence-corrected chi connectivity index (χ2v) is 22.0. The number of hydrogen-bond donors (Lipinski definition) is 0. The molecule has 0 heterocycles. The van der Waals surface area contributed by atoms with Gasteiger partial charge in [-0.05, 0) is 0 Å². The molecule has 0 spiro atoms. The summed E-state index contributed by atoms with van der Waals surface area (Å²) in [6.45, 7) is 9.21. The average molecular weight is 395 g/mol. The van der Waals surface area contributed by atoms with Crippen LogP contribution in [0.3, 0.4) is 0 Å². The summed E-state index contributed by atoms with van der Waals surface area (Å²) in [7, 11) is 0. The summed E-state index contributed by atoms with van der Waals surface area (Å²) in [6, 6.07) is 0. The molecule has 0 radical (unpaired) electrons. The Labute approximate surface area is 111 Å². The summed E-state index contributed by atoms with van der Waals surface area (Å²) < 4.78 is 8.91. The van der Waals surface area contributed by atoms with Crippen molar-refractivity contribution in [1.29, 1.82) is 0 Å². The third-order valence-electron chi connectivity index (χ3n) is 4.82. The molecule has 0 fully saturated rings. The minimum atomic E-state index is -2.36. The third kappa shape index (κ3) is 2.12. The topological polar surface area (TPSA) is 0 Å². The van der Waals surface area contributed by atoms with Crippen LogP contribution < -0.4 is 0 Å². The van der Waals surface area contributed by atoms with Gasteiger partial charge in [0, 0.05) is 0 Å². The van der Waals surface area contributed by atoms with E-state index in [1.165, 1.54) is 24.0 Å². The molecule has 0 bridgehead atoms. The van der Waals surface area contributed by atoms with Crippen LogP contribution in [-0.2, 0) is 20.0 Å². The first-order chi connectivity index (χ1) is 7.85. The number of rotatable bonds is 2. The molecule has 0 aliphatic heterocycles. The van der Waals surface area contributed by atoms with Crippen LogP contribution in [0.5, 0.6) is 0 Å². The molecule has 92 valence electrons. The fraction of sp³-hybridized carbons (Fsp3) is 0.500. The Kier molecular flexibility index (Phi) is 3.51. The van der Waals surface area contributed by atoms with Crippen molar-refractivity contribution < 1.29 is 20.0 Å². The average Bonchev–Trinajstić information content (AvgIpc) is 2.75.